The van der Waals surface area contributed by atoms with Crippen LogP contribution in [0.25, 0.3) is 10.9 Å². The van der Waals surface area contributed by atoms with Crippen LogP contribution in [-0.2, 0) is 32.0 Å². The summed E-state index contributed by atoms with van der Waals surface area (Å²) in [7, 11) is 1.54. The molecule has 0 spiro atoms. The van der Waals surface area contributed by atoms with Gasteiger partial charge in [0.05, 0.1) is 56.1 Å². The average molecular weight is 701 g/mol. The zero-order valence-electron chi connectivity index (χ0n) is 29.2. The normalized spacial score (nSPS) is 18.6. The minimum atomic E-state index is -0.446. The fourth-order valence-corrected chi connectivity index (χ4v) is 7.46. The third-order valence-corrected chi connectivity index (χ3v) is 10.0. The minimum absolute atomic E-state index is 0.0624. The standard InChI is InChI=1S/C39H45FN4O7/c1-25-24-42(16-14-41-25)36-31(40)23-30-34(45)22-28(44(27-8-9-27)35(30)38(36)48-2)13-17-49-18-19-50-20-21-51-39(47)29-12-15-43-32(29)10-11-33(43)37(46)26-6-4-3-5-7-26/h3-7,10-11,22-23,25,27,29,41H,8-9,12-21,24H2,1-2H3. The molecule has 51 heavy (non-hydrogen) atoms. The maximum Gasteiger partial charge on any atom is 0.315 e. The number of aromatic nitrogens is 2. The highest BCUT2D eigenvalue weighted by atomic mass is 19.1. The lowest BCUT2D eigenvalue weighted by Crippen LogP contribution is -2.49. The van der Waals surface area contributed by atoms with Gasteiger partial charge in [-0.1, -0.05) is 30.3 Å². The number of rotatable bonds is 15. The Morgan fingerprint density at radius 2 is 1.71 bits per heavy atom. The second-order valence-electron chi connectivity index (χ2n) is 13.5. The number of fused-ring (bicyclic) bond motifs is 2. The molecular weight excluding hydrogens is 655 g/mol. The molecule has 2 fully saturated rings. The van der Waals surface area contributed by atoms with E-state index < -0.39 is 11.7 Å². The van der Waals surface area contributed by atoms with Crippen molar-refractivity contribution in [3.8, 4) is 5.75 Å². The second kappa shape index (κ2) is 15.4. The number of pyridine rings is 1. The van der Waals surface area contributed by atoms with E-state index in [-0.39, 0.29) is 42.5 Å². The highest BCUT2D eigenvalue weighted by molar-refractivity contribution is 6.08. The molecule has 2 aliphatic heterocycles. The summed E-state index contributed by atoms with van der Waals surface area (Å²) in [6.45, 7) is 6.05. The van der Waals surface area contributed by atoms with Crippen LogP contribution < -0.4 is 20.4 Å². The molecule has 4 heterocycles. The van der Waals surface area contributed by atoms with Gasteiger partial charge in [0.2, 0.25) is 5.78 Å². The Morgan fingerprint density at radius 3 is 2.45 bits per heavy atom. The van der Waals surface area contributed by atoms with Crippen molar-refractivity contribution in [2.45, 2.75) is 57.2 Å². The first-order valence-corrected chi connectivity index (χ1v) is 17.9. The summed E-state index contributed by atoms with van der Waals surface area (Å²) in [6.07, 6.45) is 3.05. The van der Waals surface area contributed by atoms with E-state index in [1.807, 2.05) is 33.7 Å². The van der Waals surface area contributed by atoms with Crippen LogP contribution in [-0.4, -0.2) is 86.7 Å². The molecule has 7 rings (SSSR count). The van der Waals surface area contributed by atoms with Gasteiger partial charge in [0, 0.05) is 67.7 Å². The van der Waals surface area contributed by atoms with Crippen molar-refractivity contribution >= 4 is 28.3 Å². The first kappa shape index (κ1) is 34.9. The fourth-order valence-electron chi connectivity index (χ4n) is 7.46. The summed E-state index contributed by atoms with van der Waals surface area (Å²) >= 11 is 0. The van der Waals surface area contributed by atoms with Crippen molar-refractivity contribution in [3.05, 3.63) is 93.3 Å². The number of carbonyl (C=O) groups is 2. The minimum Gasteiger partial charge on any atom is -0.492 e. The molecule has 2 atom stereocenters. The third kappa shape index (κ3) is 7.31. The molecule has 1 N–H and O–H groups in total. The van der Waals surface area contributed by atoms with E-state index in [1.54, 1.807) is 31.4 Å². The van der Waals surface area contributed by atoms with E-state index in [2.05, 4.69) is 16.8 Å². The number of ether oxygens (including phenoxy) is 4. The zero-order chi connectivity index (χ0) is 35.5. The molecule has 1 aliphatic carbocycles. The molecule has 2 unspecified atom stereocenters. The highest BCUT2D eigenvalue weighted by Gasteiger charge is 2.34. The summed E-state index contributed by atoms with van der Waals surface area (Å²) in [5.41, 5.74) is 3.65. The summed E-state index contributed by atoms with van der Waals surface area (Å²) in [6, 6.07) is 16.1. The van der Waals surface area contributed by atoms with Gasteiger partial charge in [0.1, 0.15) is 12.3 Å². The first-order valence-electron chi connectivity index (χ1n) is 17.9. The van der Waals surface area contributed by atoms with Gasteiger partial charge in [-0.2, -0.15) is 0 Å². The summed E-state index contributed by atoms with van der Waals surface area (Å²) < 4.78 is 42.6. The van der Waals surface area contributed by atoms with Crippen molar-refractivity contribution in [3.63, 3.8) is 0 Å². The molecule has 2 aromatic heterocycles. The van der Waals surface area contributed by atoms with Crippen LogP contribution in [0.4, 0.5) is 10.1 Å². The number of halogens is 1. The van der Waals surface area contributed by atoms with Crippen LogP contribution in [0.3, 0.4) is 0 Å². The molecular formula is C39H45FN4O7. The van der Waals surface area contributed by atoms with E-state index in [0.29, 0.717) is 85.9 Å². The van der Waals surface area contributed by atoms with E-state index in [4.69, 9.17) is 18.9 Å². The summed E-state index contributed by atoms with van der Waals surface area (Å²) in [4.78, 5) is 41.1. The van der Waals surface area contributed by atoms with Gasteiger partial charge in [-0.15, -0.1) is 0 Å². The second-order valence-corrected chi connectivity index (χ2v) is 13.5. The maximum atomic E-state index is 15.6. The SMILES string of the molecule is COc1c(N2CCNC(C)C2)c(F)cc2c(=O)cc(CCOCCOCCOC(=O)C3CCn4c(C(=O)c5ccccc5)ccc43)n(C3CC3)c12. The number of ketones is 1. The topological polar surface area (TPSA) is 113 Å². The molecule has 0 radical (unpaired) electrons. The number of esters is 1. The summed E-state index contributed by atoms with van der Waals surface area (Å²) in [5, 5.41) is 3.72. The van der Waals surface area contributed by atoms with Crippen LogP contribution in [0.5, 0.6) is 5.75 Å². The fraction of sp³-hybridized carbons (Fsp3) is 0.462. The van der Waals surface area contributed by atoms with Crippen LogP contribution in [0.2, 0.25) is 0 Å². The number of piperazine rings is 1. The van der Waals surface area contributed by atoms with Gasteiger partial charge < -0.3 is 38.3 Å². The average Bonchev–Trinajstić information content (AvgIpc) is 3.75. The van der Waals surface area contributed by atoms with Gasteiger partial charge in [-0.25, -0.2) is 4.39 Å². The molecule has 1 saturated heterocycles. The largest absolute Gasteiger partial charge is 0.492 e. The van der Waals surface area contributed by atoms with Crippen LogP contribution in [0, 0.1) is 5.82 Å². The smallest absolute Gasteiger partial charge is 0.315 e. The Bertz CT molecular complexity index is 1950. The number of nitrogens with zero attached hydrogens (tertiary/aromatic N) is 3. The number of methoxy groups -OCH3 is 1. The lowest BCUT2D eigenvalue weighted by Gasteiger charge is -2.35. The van der Waals surface area contributed by atoms with E-state index in [0.717, 1.165) is 30.8 Å². The van der Waals surface area contributed by atoms with E-state index >= 15 is 4.39 Å². The van der Waals surface area contributed by atoms with Crippen molar-refractivity contribution in [2.75, 3.05) is 64.7 Å². The number of nitrogens with one attached hydrogen (secondary N) is 1. The third-order valence-electron chi connectivity index (χ3n) is 10.0. The van der Waals surface area contributed by atoms with Crippen LogP contribution in [0.1, 0.15) is 65.6 Å². The molecule has 0 amide bonds. The number of hydrogen-bond acceptors (Lipinski definition) is 9. The summed E-state index contributed by atoms with van der Waals surface area (Å²) in [5.74, 6) is -0.836. The predicted molar refractivity (Wildman–Crippen MR) is 191 cm³/mol. The quantitative estimate of drug-likeness (QED) is 0.108. The van der Waals surface area contributed by atoms with Gasteiger partial charge in [-0.3, -0.25) is 14.4 Å². The maximum absolute atomic E-state index is 15.6. The Balaban J connectivity index is 0.895. The number of hydrogen-bond donors (Lipinski definition) is 1. The number of benzene rings is 2. The Hall–Kier alpha value is -4.52. The highest BCUT2D eigenvalue weighted by Crippen LogP contribution is 2.44. The van der Waals surface area contributed by atoms with Crippen molar-refractivity contribution < 1.29 is 32.9 Å². The molecule has 4 aromatic rings. The monoisotopic (exact) mass is 700 g/mol. The lowest BCUT2D eigenvalue weighted by molar-refractivity contribution is -0.147. The van der Waals surface area contributed by atoms with Gasteiger partial charge >= 0.3 is 5.97 Å². The van der Waals surface area contributed by atoms with Crippen molar-refractivity contribution in [1.29, 1.82) is 0 Å². The predicted octanol–water partition coefficient (Wildman–Crippen LogP) is 4.62. The van der Waals surface area contributed by atoms with Gasteiger partial charge in [0.25, 0.3) is 0 Å². The van der Waals surface area contributed by atoms with E-state index in [1.165, 1.54) is 6.07 Å². The van der Waals surface area contributed by atoms with Crippen LogP contribution in [0.15, 0.2) is 59.4 Å². The van der Waals surface area contributed by atoms with Crippen molar-refractivity contribution in [2.24, 2.45) is 0 Å². The molecule has 1 saturated carbocycles. The molecule has 11 nitrogen and oxygen atoms in total. The number of carbonyl (C=O) groups excluding carboxylic acids is 2. The Kier molecular flexibility index (Phi) is 10.5. The molecule has 12 heteroatoms. The Labute approximate surface area is 296 Å². The van der Waals surface area contributed by atoms with Gasteiger partial charge in [-0.05, 0) is 44.4 Å². The first-order chi connectivity index (χ1) is 24.9. The van der Waals surface area contributed by atoms with Gasteiger partial charge in [0.15, 0.2) is 17.0 Å². The molecule has 3 aliphatic rings. The zero-order valence-corrected chi connectivity index (χ0v) is 29.2. The molecule has 0 bridgehead atoms. The van der Waals surface area contributed by atoms with Crippen LogP contribution >= 0.6 is 0 Å². The molecule has 2 aromatic carbocycles. The lowest BCUT2D eigenvalue weighted by atomic mass is 10.1. The van der Waals surface area contributed by atoms with E-state index in [9.17, 15) is 14.4 Å². The van der Waals surface area contributed by atoms with Crippen molar-refractivity contribution in [1.82, 2.24) is 14.5 Å². The molecule has 270 valence electrons. The Morgan fingerprint density at radius 1 is 0.941 bits per heavy atom. The number of anilines is 1.